The molecule has 0 spiro atoms. The molecule has 0 radical (unpaired) electrons. The van der Waals surface area contributed by atoms with E-state index in [2.05, 4.69) is 64.2 Å². The molecular formula is C18H31N. The van der Waals surface area contributed by atoms with E-state index in [9.17, 15) is 0 Å². The summed E-state index contributed by atoms with van der Waals surface area (Å²) in [6, 6.07) is 8.92. The van der Waals surface area contributed by atoms with Crippen LogP contribution in [0.4, 0.5) is 5.69 Å². The Morgan fingerprint density at radius 3 is 2.16 bits per heavy atom. The van der Waals surface area contributed by atoms with Crippen LogP contribution in [0, 0.1) is 5.92 Å². The van der Waals surface area contributed by atoms with Gasteiger partial charge in [0.05, 0.1) is 0 Å². The Bertz CT molecular complexity index is 345. The van der Waals surface area contributed by atoms with Crippen LogP contribution in [0.3, 0.4) is 0 Å². The molecule has 0 saturated carbocycles. The zero-order chi connectivity index (χ0) is 14.3. The van der Waals surface area contributed by atoms with E-state index in [1.54, 1.807) is 0 Å². The van der Waals surface area contributed by atoms with Crippen molar-refractivity contribution in [1.82, 2.24) is 0 Å². The molecule has 0 amide bonds. The average molecular weight is 261 g/mol. The molecule has 1 atom stereocenters. The van der Waals surface area contributed by atoms with E-state index in [4.69, 9.17) is 0 Å². The molecule has 1 heteroatoms. The highest BCUT2D eigenvalue weighted by Crippen LogP contribution is 2.23. The van der Waals surface area contributed by atoms with Gasteiger partial charge < -0.3 is 5.32 Å². The van der Waals surface area contributed by atoms with Crippen LogP contribution in [0.25, 0.3) is 0 Å². The van der Waals surface area contributed by atoms with Gasteiger partial charge in [-0.05, 0) is 35.4 Å². The largest absolute Gasteiger partial charge is 0.385 e. The molecule has 1 aromatic carbocycles. The Kier molecular flexibility index (Phi) is 6.41. The lowest BCUT2D eigenvalue weighted by Crippen LogP contribution is -2.14. The first kappa shape index (κ1) is 16.1. The van der Waals surface area contributed by atoms with Crippen LogP contribution < -0.4 is 5.32 Å². The summed E-state index contributed by atoms with van der Waals surface area (Å²) >= 11 is 0. The van der Waals surface area contributed by atoms with Crippen molar-refractivity contribution in [2.75, 3.05) is 11.9 Å². The maximum absolute atomic E-state index is 3.58. The van der Waals surface area contributed by atoms with Gasteiger partial charge in [0.25, 0.3) is 0 Å². The van der Waals surface area contributed by atoms with Gasteiger partial charge in [-0.1, -0.05) is 66.0 Å². The van der Waals surface area contributed by atoms with Crippen molar-refractivity contribution in [1.29, 1.82) is 0 Å². The molecule has 0 aromatic heterocycles. The van der Waals surface area contributed by atoms with Gasteiger partial charge in [-0.25, -0.2) is 0 Å². The first-order valence-corrected chi connectivity index (χ1v) is 7.81. The van der Waals surface area contributed by atoms with Gasteiger partial charge in [-0.3, -0.25) is 0 Å². The van der Waals surface area contributed by atoms with Gasteiger partial charge >= 0.3 is 0 Å². The van der Waals surface area contributed by atoms with Crippen molar-refractivity contribution < 1.29 is 0 Å². The van der Waals surface area contributed by atoms with Gasteiger partial charge in [0, 0.05) is 12.2 Å². The summed E-state index contributed by atoms with van der Waals surface area (Å²) in [5.41, 5.74) is 2.89. The van der Waals surface area contributed by atoms with Gasteiger partial charge in [-0.15, -0.1) is 0 Å². The van der Waals surface area contributed by atoms with Crippen LogP contribution >= 0.6 is 0 Å². The van der Waals surface area contributed by atoms with Gasteiger partial charge in [0.2, 0.25) is 0 Å². The van der Waals surface area contributed by atoms with E-state index in [1.165, 1.54) is 36.9 Å². The molecule has 19 heavy (non-hydrogen) atoms. The maximum atomic E-state index is 3.58. The number of unbranched alkanes of at least 4 members (excludes halogenated alkanes) is 1. The minimum Gasteiger partial charge on any atom is -0.385 e. The summed E-state index contributed by atoms with van der Waals surface area (Å²) in [6.07, 6.45) is 5.27. The molecule has 108 valence electrons. The second kappa shape index (κ2) is 7.57. The van der Waals surface area contributed by atoms with Crippen molar-refractivity contribution in [3.8, 4) is 0 Å². The van der Waals surface area contributed by atoms with Crippen LogP contribution in [0.5, 0.6) is 0 Å². The highest BCUT2D eigenvalue weighted by atomic mass is 14.9. The molecule has 0 aliphatic heterocycles. The molecule has 0 aliphatic carbocycles. The molecule has 1 N–H and O–H groups in total. The Labute approximate surface area is 119 Å². The molecule has 1 rings (SSSR count). The molecule has 0 saturated heterocycles. The number of anilines is 1. The van der Waals surface area contributed by atoms with Crippen LogP contribution in [-0.4, -0.2) is 6.54 Å². The van der Waals surface area contributed by atoms with E-state index in [-0.39, 0.29) is 5.41 Å². The molecule has 0 bridgehead atoms. The summed E-state index contributed by atoms with van der Waals surface area (Å²) in [7, 11) is 0. The van der Waals surface area contributed by atoms with Crippen molar-refractivity contribution >= 4 is 5.69 Å². The fourth-order valence-corrected chi connectivity index (χ4v) is 2.29. The normalized spacial score (nSPS) is 13.3. The van der Waals surface area contributed by atoms with Gasteiger partial charge in [0.1, 0.15) is 0 Å². The van der Waals surface area contributed by atoms with E-state index in [1.807, 2.05) is 0 Å². The predicted molar refractivity (Wildman–Crippen MR) is 86.9 cm³/mol. The smallest absolute Gasteiger partial charge is 0.0340 e. The first-order valence-electron chi connectivity index (χ1n) is 7.81. The fraction of sp³-hybridized carbons (Fsp3) is 0.667. The zero-order valence-electron chi connectivity index (χ0n) is 13.4. The maximum Gasteiger partial charge on any atom is 0.0340 e. The number of rotatable bonds is 7. The Balaban J connectivity index is 2.49. The van der Waals surface area contributed by atoms with Crippen molar-refractivity contribution in [3.05, 3.63) is 29.8 Å². The third-order valence-corrected chi connectivity index (χ3v) is 3.89. The number of hydrogen-bond donors (Lipinski definition) is 1. The third-order valence-electron chi connectivity index (χ3n) is 3.89. The quantitative estimate of drug-likeness (QED) is 0.672. The second-order valence-electron chi connectivity index (χ2n) is 6.62. The minimum absolute atomic E-state index is 0.242. The molecule has 0 aliphatic rings. The fourth-order valence-electron chi connectivity index (χ4n) is 2.29. The third kappa shape index (κ3) is 5.67. The first-order chi connectivity index (χ1) is 8.97. The molecule has 1 unspecified atom stereocenters. The highest BCUT2D eigenvalue weighted by molar-refractivity contribution is 5.45. The van der Waals surface area contributed by atoms with E-state index in [0.29, 0.717) is 0 Å². The van der Waals surface area contributed by atoms with Gasteiger partial charge in [-0.2, -0.15) is 0 Å². The number of hydrogen-bond acceptors (Lipinski definition) is 1. The molecule has 0 fully saturated rings. The summed E-state index contributed by atoms with van der Waals surface area (Å²) in [5, 5.41) is 3.58. The molecule has 1 aromatic rings. The standard InChI is InChI=1S/C18H31N/c1-6-8-9-15(7-2)14-19-17-12-10-16(11-13-17)18(3,4)5/h10-13,15,19H,6-9,14H2,1-5H3. The Morgan fingerprint density at radius 2 is 1.68 bits per heavy atom. The topological polar surface area (TPSA) is 12.0 Å². The molecule has 1 nitrogen and oxygen atoms in total. The van der Waals surface area contributed by atoms with Crippen LogP contribution in [0.2, 0.25) is 0 Å². The second-order valence-corrected chi connectivity index (χ2v) is 6.62. The average Bonchev–Trinajstić information content (AvgIpc) is 2.38. The van der Waals surface area contributed by atoms with Crippen molar-refractivity contribution in [3.63, 3.8) is 0 Å². The molecular weight excluding hydrogens is 230 g/mol. The summed E-state index contributed by atoms with van der Waals surface area (Å²) in [6.45, 7) is 12.4. The van der Waals surface area contributed by atoms with Gasteiger partial charge in [0.15, 0.2) is 0 Å². The monoisotopic (exact) mass is 261 g/mol. The van der Waals surface area contributed by atoms with E-state index in [0.717, 1.165) is 12.5 Å². The van der Waals surface area contributed by atoms with Crippen LogP contribution in [0.15, 0.2) is 24.3 Å². The lowest BCUT2D eigenvalue weighted by molar-refractivity contribution is 0.473. The number of nitrogens with one attached hydrogen (secondary N) is 1. The zero-order valence-corrected chi connectivity index (χ0v) is 13.4. The lowest BCUT2D eigenvalue weighted by atomic mass is 9.87. The number of benzene rings is 1. The van der Waals surface area contributed by atoms with Crippen molar-refractivity contribution in [2.45, 2.75) is 65.7 Å². The Hall–Kier alpha value is -0.980. The summed E-state index contributed by atoms with van der Waals surface area (Å²) in [4.78, 5) is 0. The van der Waals surface area contributed by atoms with Crippen LogP contribution in [-0.2, 0) is 5.41 Å². The minimum atomic E-state index is 0.242. The van der Waals surface area contributed by atoms with E-state index < -0.39 is 0 Å². The summed E-state index contributed by atoms with van der Waals surface area (Å²) < 4.78 is 0. The van der Waals surface area contributed by atoms with Crippen molar-refractivity contribution in [2.24, 2.45) is 5.92 Å². The molecule has 0 heterocycles. The predicted octanol–water partition coefficient (Wildman–Crippen LogP) is 5.61. The van der Waals surface area contributed by atoms with E-state index >= 15 is 0 Å². The summed E-state index contributed by atoms with van der Waals surface area (Å²) in [5.74, 6) is 0.808. The SMILES string of the molecule is CCCCC(CC)CNc1ccc(C(C)(C)C)cc1. The lowest BCUT2D eigenvalue weighted by Gasteiger charge is -2.20. The van der Waals surface area contributed by atoms with Crippen LogP contribution in [0.1, 0.15) is 65.9 Å². The highest BCUT2D eigenvalue weighted by Gasteiger charge is 2.13. The Morgan fingerprint density at radius 1 is 1.05 bits per heavy atom.